The van der Waals surface area contributed by atoms with E-state index >= 15 is 0 Å². The van der Waals surface area contributed by atoms with Crippen LogP contribution < -0.4 is 9.47 Å². The fraction of sp³-hybridized carbons (Fsp3) is 0.111. The minimum Gasteiger partial charge on any atom is -0.479 e. The van der Waals surface area contributed by atoms with Gasteiger partial charge in [-0.15, -0.1) is 0 Å². The number of benzene rings is 2. The number of Topliss-reactive ketones (excluding diaryl/α,β-unsaturated/α-hetero) is 1. The number of rotatable bonds is 4. The highest BCUT2D eigenvalue weighted by Crippen LogP contribution is 2.35. The van der Waals surface area contributed by atoms with E-state index in [2.05, 4.69) is 0 Å². The van der Waals surface area contributed by atoms with Gasteiger partial charge in [-0.05, 0) is 42.8 Å². The van der Waals surface area contributed by atoms with Crippen LogP contribution in [-0.4, -0.2) is 23.0 Å². The maximum Gasteiger partial charge on any atom is 0.344 e. The number of hydrogen-bond donors (Lipinski definition) is 1. The summed E-state index contributed by atoms with van der Waals surface area (Å²) in [5.41, 5.74) is 0.843. The predicted molar refractivity (Wildman–Crippen MR) is 83.5 cm³/mol. The fourth-order valence-electron chi connectivity index (χ4n) is 2.24. The van der Waals surface area contributed by atoms with Crippen LogP contribution in [0.5, 0.6) is 11.5 Å². The normalized spacial score (nSPS) is 15.8. The first-order chi connectivity index (χ1) is 11.4. The molecule has 0 amide bonds. The quantitative estimate of drug-likeness (QED) is 0.872. The van der Waals surface area contributed by atoms with Crippen LogP contribution in [0.25, 0.3) is 6.08 Å². The molecule has 0 radical (unpaired) electrons. The van der Waals surface area contributed by atoms with Crippen molar-refractivity contribution in [3.05, 3.63) is 65.2 Å². The van der Waals surface area contributed by atoms with E-state index in [1.165, 1.54) is 49.4 Å². The van der Waals surface area contributed by atoms with Gasteiger partial charge < -0.3 is 14.6 Å². The Morgan fingerprint density at radius 3 is 2.79 bits per heavy atom. The van der Waals surface area contributed by atoms with Crippen LogP contribution in [0.15, 0.2) is 48.2 Å². The predicted octanol–water partition coefficient (Wildman–Crippen LogP) is 3.29. The lowest BCUT2D eigenvalue weighted by Gasteiger charge is -2.10. The molecule has 1 aliphatic heterocycles. The lowest BCUT2D eigenvalue weighted by molar-refractivity contribution is -0.144. The van der Waals surface area contributed by atoms with Gasteiger partial charge in [0.25, 0.3) is 0 Å². The van der Waals surface area contributed by atoms with Gasteiger partial charge in [0.05, 0.1) is 5.56 Å². The number of hydrogen-bond acceptors (Lipinski definition) is 4. The number of carbonyl (C=O) groups is 2. The van der Waals surface area contributed by atoms with Crippen molar-refractivity contribution in [3.63, 3.8) is 0 Å². The number of carboxylic acids is 1. The van der Waals surface area contributed by atoms with Gasteiger partial charge in [0.2, 0.25) is 5.78 Å². The monoisotopic (exact) mass is 328 g/mol. The van der Waals surface area contributed by atoms with Crippen molar-refractivity contribution >= 4 is 17.8 Å². The molecule has 0 unspecified atom stereocenters. The second-order valence-corrected chi connectivity index (χ2v) is 5.25. The molecule has 0 fully saturated rings. The molecule has 0 saturated heterocycles. The number of carbonyl (C=O) groups excluding carboxylic acids is 1. The lowest BCUT2D eigenvalue weighted by atomic mass is 10.1. The van der Waals surface area contributed by atoms with E-state index in [1.807, 2.05) is 0 Å². The van der Waals surface area contributed by atoms with Gasteiger partial charge in [0.15, 0.2) is 11.9 Å². The molecule has 5 nitrogen and oxygen atoms in total. The van der Waals surface area contributed by atoms with Gasteiger partial charge in [0, 0.05) is 6.07 Å². The molecule has 0 aromatic heterocycles. The lowest BCUT2D eigenvalue weighted by Crippen LogP contribution is -2.22. The zero-order chi connectivity index (χ0) is 17.3. The van der Waals surface area contributed by atoms with Crippen LogP contribution in [-0.2, 0) is 4.79 Å². The summed E-state index contributed by atoms with van der Waals surface area (Å²) in [5.74, 6) is -1.21. The summed E-state index contributed by atoms with van der Waals surface area (Å²) in [6.07, 6.45) is 0.425. The average Bonchev–Trinajstić information content (AvgIpc) is 2.83. The molecular weight excluding hydrogens is 315 g/mol. The Bertz CT molecular complexity index is 856. The Morgan fingerprint density at radius 2 is 2.08 bits per heavy atom. The standard InChI is InChI=1S/C18H13FO5/c1-10(18(21)22)23-13-5-6-14-15(9-13)24-16(17(14)20)8-11-3-2-4-12(19)7-11/h2-10H,1H3,(H,21,22)/b16-8-/t10-/m0/s1. The highest BCUT2D eigenvalue weighted by Gasteiger charge is 2.28. The molecule has 0 saturated carbocycles. The van der Waals surface area contributed by atoms with Crippen molar-refractivity contribution < 1.29 is 28.6 Å². The van der Waals surface area contributed by atoms with Gasteiger partial charge in [-0.25, -0.2) is 9.18 Å². The van der Waals surface area contributed by atoms with E-state index in [1.54, 1.807) is 6.07 Å². The molecule has 6 heteroatoms. The van der Waals surface area contributed by atoms with E-state index in [-0.39, 0.29) is 23.0 Å². The fourth-order valence-corrected chi connectivity index (χ4v) is 2.24. The van der Waals surface area contributed by atoms with Gasteiger partial charge in [0.1, 0.15) is 17.3 Å². The third-order valence-electron chi connectivity index (χ3n) is 3.45. The van der Waals surface area contributed by atoms with E-state index in [0.29, 0.717) is 11.1 Å². The smallest absolute Gasteiger partial charge is 0.344 e. The van der Waals surface area contributed by atoms with Crippen molar-refractivity contribution in [1.29, 1.82) is 0 Å². The summed E-state index contributed by atoms with van der Waals surface area (Å²) in [5, 5.41) is 8.86. The molecule has 1 heterocycles. The molecule has 1 N–H and O–H groups in total. The average molecular weight is 328 g/mol. The minimum atomic E-state index is -1.10. The summed E-state index contributed by atoms with van der Waals surface area (Å²) in [6.45, 7) is 1.40. The molecule has 24 heavy (non-hydrogen) atoms. The van der Waals surface area contributed by atoms with Crippen molar-refractivity contribution in [3.8, 4) is 11.5 Å². The van der Waals surface area contributed by atoms with Crippen molar-refractivity contribution in [2.75, 3.05) is 0 Å². The summed E-state index contributed by atoms with van der Waals surface area (Å²) in [4.78, 5) is 23.1. The number of halogens is 1. The molecule has 0 spiro atoms. The van der Waals surface area contributed by atoms with E-state index < -0.39 is 17.9 Å². The Kier molecular flexibility index (Phi) is 4.04. The van der Waals surface area contributed by atoms with Crippen LogP contribution >= 0.6 is 0 Å². The highest BCUT2D eigenvalue weighted by molar-refractivity contribution is 6.14. The van der Waals surface area contributed by atoms with Gasteiger partial charge in [-0.1, -0.05) is 12.1 Å². The molecule has 2 aromatic carbocycles. The van der Waals surface area contributed by atoms with Crippen LogP contribution in [0.2, 0.25) is 0 Å². The van der Waals surface area contributed by atoms with Gasteiger partial charge >= 0.3 is 5.97 Å². The van der Waals surface area contributed by atoms with Crippen molar-refractivity contribution in [1.82, 2.24) is 0 Å². The molecule has 2 aromatic rings. The number of aliphatic carboxylic acids is 1. The van der Waals surface area contributed by atoms with Crippen LogP contribution in [0, 0.1) is 5.82 Å². The first kappa shape index (κ1) is 15.7. The van der Waals surface area contributed by atoms with Gasteiger partial charge in [-0.2, -0.15) is 0 Å². The zero-order valence-electron chi connectivity index (χ0n) is 12.7. The zero-order valence-corrected chi connectivity index (χ0v) is 12.7. The van der Waals surface area contributed by atoms with Crippen LogP contribution in [0.3, 0.4) is 0 Å². The Balaban J connectivity index is 1.86. The van der Waals surface area contributed by atoms with Gasteiger partial charge in [-0.3, -0.25) is 4.79 Å². The summed E-state index contributed by atoms with van der Waals surface area (Å²) < 4.78 is 24.0. The second-order valence-electron chi connectivity index (χ2n) is 5.25. The molecular formula is C18H13FO5. The number of ether oxygens (including phenoxy) is 2. The molecule has 1 atom stereocenters. The Morgan fingerprint density at radius 1 is 1.29 bits per heavy atom. The third-order valence-corrected chi connectivity index (χ3v) is 3.45. The van der Waals surface area contributed by atoms with E-state index in [9.17, 15) is 14.0 Å². The second kappa shape index (κ2) is 6.16. The number of carboxylic acid groups (broad SMARTS) is 1. The van der Waals surface area contributed by atoms with E-state index in [0.717, 1.165) is 0 Å². The molecule has 0 aliphatic carbocycles. The maximum absolute atomic E-state index is 13.2. The molecule has 1 aliphatic rings. The Labute approximate surface area is 136 Å². The summed E-state index contributed by atoms with van der Waals surface area (Å²) in [6, 6.07) is 10.3. The van der Waals surface area contributed by atoms with E-state index in [4.69, 9.17) is 14.6 Å². The first-order valence-electron chi connectivity index (χ1n) is 7.17. The summed E-state index contributed by atoms with van der Waals surface area (Å²) in [7, 11) is 0. The SMILES string of the molecule is C[C@H](Oc1ccc2c(c1)O/C(=C\c1cccc(F)c1)C2=O)C(=O)O. The number of ketones is 1. The maximum atomic E-state index is 13.2. The van der Waals surface area contributed by atoms with Crippen LogP contribution in [0.1, 0.15) is 22.8 Å². The third kappa shape index (κ3) is 3.12. The molecule has 122 valence electrons. The number of fused-ring (bicyclic) bond motifs is 1. The first-order valence-corrected chi connectivity index (χ1v) is 7.17. The number of allylic oxidation sites excluding steroid dienone is 1. The van der Waals surface area contributed by atoms with Crippen molar-refractivity contribution in [2.45, 2.75) is 13.0 Å². The van der Waals surface area contributed by atoms with Crippen LogP contribution in [0.4, 0.5) is 4.39 Å². The molecule has 0 bridgehead atoms. The topological polar surface area (TPSA) is 72.8 Å². The molecule has 3 rings (SSSR count). The summed E-state index contributed by atoms with van der Waals surface area (Å²) >= 11 is 0. The minimum absolute atomic E-state index is 0.0685. The largest absolute Gasteiger partial charge is 0.479 e. The highest BCUT2D eigenvalue weighted by atomic mass is 19.1. The Hall–Kier alpha value is -3.15. The van der Waals surface area contributed by atoms with Crippen molar-refractivity contribution in [2.24, 2.45) is 0 Å².